The highest BCUT2D eigenvalue weighted by Gasteiger charge is 2.19. The highest BCUT2D eigenvalue weighted by Crippen LogP contribution is 2.21. The van der Waals surface area contributed by atoms with Crippen molar-refractivity contribution in [2.45, 2.75) is 18.9 Å². The van der Waals surface area contributed by atoms with Crippen molar-refractivity contribution in [3.63, 3.8) is 0 Å². The minimum absolute atomic E-state index is 0.0365. The average Bonchev–Trinajstić information content (AvgIpc) is 2.49. The van der Waals surface area contributed by atoms with Crippen molar-refractivity contribution in [1.82, 2.24) is 10.2 Å². The first kappa shape index (κ1) is 14.5. The summed E-state index contributed by atoms with van der Waals surface area (Å²) in [6.07, 6.45) is 2.06. The molecule has 1 saturated heterocycles. The van der Waals surface area contributed by atoms with Gasteiger partial charge in [-0.15, -0.1) is 0 Å². The van der Waals surface area contributed by atoms with E-state index in [2.05, 4.69) is 39.3 Å². The molecule has 21 heavy (non-hydrogen) atoms. The zero-order chi connectivity index (χ0) is 14.8. The molecule has 0 radical (unpaired) electrons. The first-order valence-electron chi connectivity index (χ1n) is 7.30. The van der Waals surface area contributed by atoms with Crippen LogP contribution >= 0.6 is 15.9 Å². The summed E-state index contributed by atoms with van der Waals surface area (Å²) in [4.78, 5) is 14.7. The number of nitrogens with zero attached hydrogens (tertiary/aromatic N) is 1. The van der Waals surface area contributed by atoms with E-state index < -0.39 is 0 Å². The minimum atomic E-state index is 0.0365. The molecule has 0 unspecified atom stereocenters. The van der Waals surface area contributed by atoms with Crippen molar-refractivity contribution in [1.29, 1.82) is 0 Å². The molecule has 1 aliphatic heterocycles. The van der Waals surface area contributed by atoms with E-state index in [0.29, 0.717) is 6.04 Å². The van der Waals surface area contributed by atoms with E-state index in [1.54, 1.807) is 0 Å². The molecule has 0 spiro atoms. The fourth-order valence-electron chi connectivity index (χ4n) is 2.78. The van der Waals surface area contributed by atoms with Gasteiger partial charge < -0.3 is 10.2 Å². The van der Waals surface area contributed by atoms with Crippen molar-refractivity contribution in [2.75, 3.05) is 20.1 Å². The van der Waals surface area contributed by atoms with Gasteiger partial charge in [-0.05, 0) is 68.0 Å². The monoisotopic (exact) mass is 346 g/mol. The van der Waals surface area contributed by atoms with E-state index in [0.717, 1.165) is 46.7 Å². The average molecular weight is 347 g/mol. The van der Waals surface area contributed by atoms with Crippen LogP contribution in [0.4, 0.5) is 0 Å². The topological polar surface area (TPSA) is 32.3 Å². The predicted octanol–water partition coefficient (Wildman–Crippen LogP) is 3.43. The molecule has 4 heteroatoms. The minimum Gasteiger partial charge on any atom is -0.349 e. The Hall–Kier alpha value is -1.39. The van der Waals surface area contributed by atoms with Gasteiger partial charge in [-0.3, -0.25) is 4.79 Å². The van der Waals surface area contributed by atoms with Gasteiger partial charge in [0, 0.05) is 16.1 Å². The van der Waals surface area contributed by atoms with Gasteiger partial charge in [0.05, 0.1) is 0 Å². The number of rotatable bonds is 2. The summed E-state index contributed by atoms with van der Waals surface area (Å²) in [6.45, 7) is 2.10. The molecule has 1 heterocycles. The van der Waals surface area contributed by atoms with Crippen LogP contribution in [0.1, 0.15) is 23.2 Å². The fourth-order valence-corrected chi connectivity index (χ4v) is 3.16. The van der Waals surface area contributed by atoms with Gasteiger partial charge in [0.1, 0.15) is 0 Å². The number of hydrogen-bond acceptors (Lipinski definition) is 2. The van der Waals surface area contributed by atoms with Crippen LogP contribution in [-0.2, 0) is 0 Å². The second-order valence-electron chi connectivity index (χ2n) is 5.76. The third-order valence-electron chi connectivity index (χ3n) is 4.12. The molecule has 1 fully saturated rings. The van der Waals surface area contributed by atoms with Gasteiger partial charge in [0.2, 0.25) is 0 Å². The van der Waals surface area contributed by atoms with Crippen molar-refractivity contribution in [3.8, 4) is 0 Å². The lowest BCUT2D eigenvalue weighted by atomic mass is 10.0. The molecule has 2 aromatic rings. The molecule has 0 saturated carbocycles. The number of nitrogens with one attached hydrogen (secondary N) is 1. The Balaban J connectivity index is 1.74. The highest BCUT2D eigenvalue weighted by molar-refractivity contribution is 9.10. The number of hydrogen-bond donors (Lipinski definition) is 1. The number of likely N-dealkylation sites (tertiary alicyclic amines) is 1. The molecule has 110 valence electrons. The van der Waals surface area contributed by atoms with Crippen LogP contribution in [0.5, 0.6) is 0 Å². The van der Waals surface area contributed by atoms with E-state index in [-0.39, 0.29) is 5.91 Å². The molecule has 1 N–H and O–H groups in total. The maximum absolute atomic E-state index is 12.4. The molecule has 0 aliphatic carbocycles. The van der Waals surface area contributed by atoms with Gasteiger partial charge in [-0.2, -0.15) is 0 Å². The summed E-state index contributed by atoms with van der Waals surface area (Å²) in [5, 5.41) is 5.39. The van der Waals surface area contributed by atoms with Crippen molar-refractivity contribution < 1.29 is 4.79 Å². The normalized spacial score (nSPS) is 17.0. The van der Waals surface area contributed by atoms with E-state index in [9.17, 15) is 4.79 Å². The fraction of sp³-hybridized carbons (Fsp3) is 0.353. The van der Waals surface area contributed by atoms with Gasteiger partial charge in [0.15, 0.2) is 0 Å². The number of benzene rings is 2. The molecule has 3 nitrogen and oxygen atoms in total. The highest BCUT2D eigenvalue weighted by atomic mass is 79.9. The second-order valence-corrected chi connectivity index (χ2v) is 6.67. The maximum atomic E-state index is 12.4. The SMILES string of the molecule is CN1CCC(NC(=O)c2ccc3cc(Br)ccc3c2)CC1. The molecule has 3 rings (SSSR count). The summed E-state index contributed by atoms with van der Waals surface area (Å²) in [5.74, 6) is 0.0365. The van der Waals surface area contributed by atoms with Crippen molar-refractivity contribution in [3.05, 3.63) is 46.4 Å². The largest absolute Gasteiger partial charge is 0.349 e. The van der Waals surface area contributed by atoms with Crippen LogP contribution in [0.2, 0.25) is 0 Å². The summed E-state index contributed by atoms with van der Waals surface area (Å²) >= 11 is 3.47. The number of carbonyl (C=O) groups is 1. The Morgan fingerprint density at radius 2 is 1.81 bits per heavy atom. The van der Waals surface area contributed by atoms with Crippen LogP contribution in [0.3, 0.4) is 0 Å². The van der Waals surface area contributed by atoms with Crippen molar-refractivity contribution in [2.24, 2.45) is 0 Å². The van der Waals surface area contributed by atoms with Crippen molar-refractivity contribution >= 4 is 32.6 Å². The lowest BCUT2D eigenvalue weighted by molar-refractivity contribution is 0.0917. The quantitative estimate of drug-likeness (QED) is 0.903. The lowest BCUT2D eigenvalue weighted by Gasteiger charge is -2.29. The Labute approximate surface area is 133 Å². The molecule has 2 aromatic carbocycles. The van der Waals surface area contributed by atoms with Crippen LogP contribution in [0.25, 0.3) is 10.8 Å². The third kappa shape index (κ3) is 3.44. The Bertz CT molecular complexity index is 663. The van der Waals surface area contributed by atoms with Gasteiger partial charge >= 0.3 is 0 Å². The van der Waals surface area contributed by atoms with Gasteiger partial charge in [-0.25, -0.2) is 0 Å². The number of piperidine rings is 1. The second kappa shape index (κ2) is 6.16. The molecule has 0 bridgehead atoms. The van der Waals surface area contributed by atoms with Crippen LogP contribution < -0.4 is 5.32 Å². The first-order chi connectivity index (χ1) is 10.1. The first-order valence-corrected chi connectivity index (χ1v) is 8.10. The Morgan fingerprint density at radius 3 is 2.57 bits per heavy atom. The molecule has 0 atom stereocenters. The molecule has 1 amide bonds. The zero-order valence-electron chi connectivity index (χ0n) is 12.1. The summed E-state index contributed by atoms with van der Waals surface area (Å²) in [6, 6.07) is 12.3. The number of amides is 1. The lowest BCUT2D eigenvalue weighted by Crippen LogP contribution is -2.43. The number of carbonyl (C=O) groups excluding carboxylic acids is 1. The Morgan fingerprint density at radius 1 is 1.14 bits per heavy atom. The van der Waals surface area contributed by atoms with E-state index in [4.69, 9.17) is 0 Å². The van der Waals surface area contributed by atoms with Crippen LogP contribution in [0.15, 0.2) is 40.9 Å². The summed E-state index contributed by atoms with van der Waals surface area (Å²) < 4.78 is 1.05. The number of halogens is 1. The van der Waals surface area contributed by atoms with E-state index in [1.165, 1.54) is 0 Å². The Kier molecular flexibility index (Phi) is 4.27. The summed E-state index contributed by atoms with van der Waals surface area (Å²) in [5.41, 5.74) is 0.740. The van der Waals surface area contributed by atoms with Crippen LogP contribution in [-0.4, -0.2) is 37.0 Å². The smallest absolute Gasteiger partial charge is 0.251 e. The van der Waals surface area contributed by atoms with Crippen LogP contribution in [0, 0.1) is 0 Å². The van der Waals surface area contributed by atoms with Gasteiger partial charge in [0.25, 0.3) is 5.91 Å². The van der Waals surface area contributed by atoms with Gasteiger partial charge in [-0.1, -0.05) is 28.1 Å². The molecular formula is C17H19BrN2O. The zero-order valence-corrected chi connectivity index (χ0v) is 13.7. The standard InChI is InChI=1S/C17H19BrN2O/c1-20-8-6-16(7-9-20)19-17(21)14-3-2-13-11-15(18)5-4-12(13)10-14/h2-5,10-11,16H,6-9H2,1H3,(H,19,21). The molecule has 1 aliphatic rings. The maximum Gasteiger partial charge on any atom is 0.251 e. The van der Waals surface area contributed by atoms with E-state index >= 15 is 0 Å². The summed E-state index contributed by atoms with van der Waals surface area (Å²) in [7, 11) is 2.12. The third-order valence-corrected chi connectivity index (χ3v) is 4.61. The predicted molar refractivity (Wildman–Crippen MR) is 89.6 cm³/mol. The number of fused-ring (bicyclic) bond motifs is 1. The molecular weight excluding hydrogens is 328 g/mol. The molecule has 0 aromatic heterocycles. The van der Waals surface area contributed by atoms with E-state index in [1.807, 2.05) is 30.3 Å².